The summed E-state index contributed by atoms with van der Waals surface area (Å²) in [5.74, 6) is 0.598. The van der Waals surface area contributed by atoms with Crippen LogP contribution in [0.3, 0.4) is 0 Å². The lowest BCUT2D eigenvalue weighted by molar-refractivity contribution is -0.384. The topological polar surface area (TPSA) is 79.5 Å². The van der Waals surface area contributed by atoms with Gasteiger partial charge in [-0.3, -0.25) is 10.1 Å². The van der Waals surface area contributed by atoms with Gasteiger partial charge in [0.05, 0.1) is 4.92 Å². The second kappa shape index (κ2) is 5.09. The third-order valence-corrected chi connectivity index (χ3v) is 3.04. The molecule has 1 aliphatic heterocycles. The van der Waals surface area contributed by atoms with Gasteiger partial charge in [-0.15, -0.1) is 0 Å². The fourth-order valence-corrected chi connectivity index (χ4v) is 2.18. The highest BCUT2D eigenvalue weighted by atomic mass is 16.6. The predicted octanol–water partition coefficient (Wildman–Crippen LogP) is 1.20. The van der Waals surface area contributed by atoms with Gasteiger partial charge < -0.3 is 10.0 Å². The van der Waals surface area contributed by atoms with E-state index in [0.717, 1.165) is 19.4 Å². The minimum atomic E-state index is -0.412. The Morgan fingerprint density at radius 2 is 2.47 bits per heavy atom. The molecule has 1 aromatic heterocycles. The van der Waals surface area contributed by atoms with E-state index in [-0.39, 0.29) is 18.2 Å². The summed E-state index contributed by atoms with van der Waals surface area (Å²) >= 11 is 0. The molecule has 2 heterocycles. The van der Waals surface area contributed by atoms with Crippen LogP contribution in [-0.4, -0.2) is 34.7 Å². The number of aromatic nitrogens is 1. The Balaban J connectivity index is 2.24. The van der Waals surface area contributed by atoms with Crippen LogP contribution < -0.4 is 4.90 Å². The summed E-state index contributed by atoms with van der Waals surface area (Å²) in [5, 5.41) is 20.1. The Morgan fingerprint density at radius 3 is 3.18 bits per heavy atom. The standard InChI is InChI=1S/C11H15N3O3/c15-8-9-3-2-6-13(7-9)11-10(14(16)17)4-1-5-12-11/h1,4-5,9,15H,2-3,6-8H2. The summed E-state index contributed by atoms with van der Waals surface area (Å²) < 4.78 is 0. The molecule has 1 saturated heterocycles. The van der Waals surface area contributed by atoms with Gasteiger partial charge >= 0.3 is 5.69 Å². The van der Waals surface area contributed by atoms with E-state index in [1.54, 1.807) is 12.3 Å². The minimum absolute atomic E-state index is 0.0334. The molecule has 1 aromatic rings. The van der Waals surface area contributed by atoms with Crippen molar-refractivity contribution in [2.45, 2.75) is 12.8 Å². The van der Waals surface area contributed by atoms with E-state index >= 15 is 0 Å². The van der Waals surface area contributed by atoms with E-state index in [0.29, 0.717) is 12.4 Å². The molecule has 1 fully saturated rings. The largest absolute Gasteiger partial charge is 0.396 e. The van der Waals surface area contributed by atoms with Crippen LogP contribution in [0, 0.1) is 16.0 Å². The maximum atomic E-state index is 10.9. The third kappa shape index (κ3) is 2.52. The van der Waals surface area contributed by atoms with Crippen molar-refractivity contribution in [3.63, 3.8) is 0 Å². The Bertz CT molecular complexity index is 411. The molecule has 6 heteroatoms. The van der Waals surface area contributed by atoms with Gasteiger partial charge in [0, 0.05) is 32.0 Å². The molecule has 17 heavy (non-hydrogen) atoms. The summed E-state index contributed by atoms with van der Waals surface area (Å²) in [5.41, 5.74) is 0.0334. The maximum absolute atomic E-state index is 10.9. The molecule has 92 valence electrons. The van der Waals surface area contributed by atoms with E-state index < -0.39 is 4.92 Å². The number of hydrogen-bond acceptors (Lipinski definition) is 5. The van der Waals surface area contributed by atoms with Gasteiger partial charge in [-0.1, -0.05) is 0 Å². The number of rotatable bonds is 3. The molecule has 0 aliphatic carbocycles. The first-order valence-electron chi connectivity index (χ1n) is 5.67. The Kier molecular flexibility index (Phi) is 3.53. The molecule has 6 nitrogen and oxygen atoms in total. The predicted molar refractivity (Wildman–Crippen MR) is 62.9 cm³/mol. The third-order valence-electron chi connectivity index (χ3n) is 3.04. The van der Waals surface area contributed by atoms with Gasteiger partial charge in [0.15, 0.2) is 0 Å². The zero-order valence-electron chi connectivity index (χ0n) is 9.45. The van der Waals surface area contributed by atoms with Gasteiger partial charge in [0.25, 0.3) is 0 Å². The van der Waals surface area contributed by atoms with Crippen molar-refractivity contribution >= 4 is 11.5 Å². The molecular weight excluding hydrogens is 222 g/mol. The van der Waals surface area contributed by atoms with E-state index in [2.05, 4.69) is 4.98 Å². The van der Waals surface area contributed by atoms with Crippen molar-refractivity contribution in [1.29, 1.82) is 0 Å². The Labute approximate surface area is 99.0 Å². The molecule has 0 spiro atoms. The minimum Gasteiger partial charge on any atom is -0.396 e. The molecule has 0 saturated carbocycles. The highest BCUT2D eigenvalue weighted by molar-refractivity contribution is 5.57. The van der Waals surface area contributed by atoms with Crippen LogP contribution in [0.15, 0.2) is 18.3 Å². The van der Waals surface area contributed by atoms with E-state index in [1.807, 2.05) is 4.90 Å². The molecule has 2 rings (SSSR count). The zero-order valence-corrected chi connectivity index (χ0v) is 9.45. The lowest BCUT2D eigenvalue weighted by Gasteiger charge is -2.32. The van der Waals surface area contributed by atoms with E-state index in [9.17, 15) is 10.1 Å². The summed E-state index contributed by atoms with van der Waals surface area (Å²) in [6.45, 7) is 1.51. The highest BCUT2D eigenvalue weighted by Crippen LogP contribution is 2.28. The summed E-state index contributed by atoms with van der Waals surface area (Å²) in [4.78, 5) is 16.5. The average Bonchev–Trinajstić information content (AvgIpc) is 2.39. The number of nitro groups is 1. The first-order chi connectivity index (χ1) is 8.22. The average molecular weight is 237 g/mol. The molecule has 1 N–H and O–H groups in total. The Morgan fingerprint density at radius 1 is 1.65 bits per heavy atom. The lowest BCUT2D eigenvalue weighted by atomic mass is 9.99. The second-order valence-electron chi connectivity index (χ2n) is 4.24. The highest BCUT2D eigenvalue weighted by Gasteiger charge is 2.25. The number of aliphatic hydroxyl groups is 1. The molecule has 0 bridgehead atoms. The number of hydrogen-bond donors (Lipinski definition) is 1. The number of pyridine rings is 1. The number of nitrogens with zero attached hydrogens (tertiary/aromatic N) is 3. The number of aliphatic hydroxyl groups excluding tert-OH is 1. The van der Waals surface area contributed by atoms with Crippen LogP contribution in [0.4, 0.5) is 11.5 Å². The van der Waals surface area contributed by atoms with Crippen molar-refractivity contribution in [2.24, 2.45) is 5.92 Å². The molecule has 0 amide bonds. The summed E-state index contributed by atoms with van der Waals surface area (Å²) in [6, 6.07) is 3.03. The molecular formula is C11H15N3O3. The van der Waals surface area contributed by atoms with Crippen molar-refractivity contribution in [3.8, 4) is 0 Å². The zero-order chi connectivity index (χ0) is 12.3. The monoisotopic (exact) mass is 237 g/mol. The molecule has 0 aromatic carbocycles. The van der Waals surface area contributed by atoms with Crippen LogP contribution in [0.5, 0.6) is 0 Å². The molecule has 1 aliphatic rings. The van der Waals surface area contributed by atoms with Crippen molar-refractivity contribution in [1.82, 2.24) is 4.98 Å². The Hall–Kier alpha value is -1.69. The lowest BCUT2D eigenvalue weighted by Crippen LogP contribution is -2.37. The van der Waals surface area contributed by atoms with Gasteiger partial charge in [-0.25, -0.2) is 4.98 Å². The first-order valence-corrected chi connectivity index (χ1v) is 5.67. The van der Waals surface area contributed by atoms with Crippen LogP contribution in [0.2, 0.25) is 0 Å². The van der Waals surface area contributed by atoms with Crippen LogP contribution >= 0.6 is 0 Å². The van der Waals surface area contributed by atoms with Crippen molar-refractivity contribution < 1.29 is 10.0 Å². The molecule has 1 unspecified atom stereocenters. The second-order valence-corrected chi connectivity index (χ2v) is 4.24. The smallest absolute Gasteiger partial charge is 0.311 e. The van der Waals surface area contributed by atoms with Crippen LogP contribution in [-0.2, 0) is 0 Å². The fraction of sp³-hybridized carbons (Fsp3) is 0.545. The maximum Gasteiger partial charge on any atom is 0.311 e. The summed E-state index contributed by atoms with van der Waals surface area (Å²) in [6.07, 6.45) is 3.46. The molecule has 0 radical (unpaired) electrons. The fourth-order valence-electron chi connectivity index (χ4n) is 2.18. The van der Waals surface area contributed by atoms with E-state index in [1.165, 1.54) is 6.07 Å². The SMILES string of the molecule is O=[N+]([O-])c1cccnc1N1CCCC(CO)C1. The van der Waals surface area contributed by atoms with Crippen molar-refractivity contribution in [3.05, 3.63) is 28.4 Å². The van der Waals surface area contributed by atoms with E-state index in [4.69, 9.17) is 5.11 Å². The van der Waals surface area contributed by atoms with Gasteiger partial charge in [0.2, 0.25) is 5.82 Å². The van der Waals surface area contributed by atoms with Gasteiger partial charge in [-0.05, 0) is 24.8 Å². The van der Waals surface area contributed by atoms with Gasteiger partial charge in [-0.2, -0.15) is 0 Å². The number of anilines is 1. The van der Waals surface area contributed by atoms with Crippen molar-refractivity contribution in [2.75, 3.05) is 24.6 Å². The molecule has 1 atom stereocenters. The van der Waals surface area contributed by atoms with Crippen LogP contribution in [0.25, 0.3) is 0 Å². The first kappa shape index (κ1) is 11.8. The summed E-state index contributed by atoms with van der Waals surface area (Å²) in [7, 11) is 0. The number of piperidine rings is 1. The van der Waals surface area contributed by atoms with Crippen LogP contribution in [0.1, 0.15) is 12.8 Å². The normalized spacial score (nSPS) is 20.3. The van der Waals surface area contributed by atoms with Gasteiger partial charge in [0.1, 0.15) is 0 Å². The quantitative estimate of drug-likeness (QED) is 0.631.